The van der Waals surface area contributed by atoms with E-state index in [1.54, 1.807) is 13.0 Å². The van der Waals surface area contributed by atoms with Crippen LogP contribution in [0.2, 0.25) is 0 Å². The number of carbonyl (C=O) groups excluding carboxylic acids is 2. The number of fused-ring (bicyclic) bond motifs is 1. The summed E-state index contributed by atoms with van der Waals surface area (Å²) in [5.74, 6) is -0.399. The van der Waals surface area contributed by atoms with E-state index >= 15 is 0 Å². The number of rotatable bonds is 6. The quantitative estimate of drug-likeness (QED) is 0.662. The van der Waals surface area contributed by atoms with Crippen LogP contribution >= 0.6 is 0 Å². The molecule has 2 fully saturated rings. The van der Waals surface area contributed by atoms with Gasteiger partial charge in [-0.1, -0.05) is 6.92 Å². The summed E-state index contributed by atoms with van der Waals surface area (Å²) in [6.07, 6.45) is 3.09. The smallest absolute Gasteiger partial charge is 0.265 e. The largest absolute Gasteiger partial charge is 0.478 e. The number of benzene rings is 1. The van der Waals surface area contributed by atoms with Gasteiger partial charge in [0.2, 0.25) is 15.9 Å². The van der Waals surface area contributed by atoms with Gasteiger partial charge >= 0.3 is 0 Å². The summed E-state index contributed by atoms with van der Waals surface area (Å²) >= 11 is 0. The average Bonchev–Trinajstić information content (AvgIpc) is 3.30. The van der Waals surface area contributed by atoms with Gasteiger partial charge in [0.05, 0.1) is 22.6 Å². The molecular weight excluding hydrogens is 434 g/mol. The van der Waals surface area contributed by atoms with Gasteiger partial charge in [0.15, 0.2) is 6.10 Å². The van der Waals surface area contributed by atoms with Crippen LogP contribution in [-0.4, -0.2) is 63.0 Å². The van der Waals surface area contributed by atoms with Gasteiger partial charge in [-0.15, -0.1) is 0 Å². The van der Waals surface area contributed by atoms with Gasteiger partial charge < -0.3 is 20.1 Å². The molecule has 1 aromatic carbocycles. The molecule has 0 saturated carbocycles. The number of sulfonamides is 1. The number of nitrogens with one attached hydrogen (secondary N) is 2. The fourth-order valence-electron chi connectivity index (χ4n) is 4.51. The first-order chi connectivity index (χ1) is 15.3. The molecule has 1 aromatic rings. The topological polar surface area (TPSA) is 114 Å². The molecule has 0 aromatic heterocycles. The van der Waals surface area contributed by atoms with Gasteiger partial charge in [-0.05, 0) is 50.7 Å². The second-order valence-electron chi connectivity index (χ2n) is 8.70. The SMILES string of the molecule is CCC1Oc2cc(S(=O)(=O)N3CCCC(C(=O)NCC4CCCO4)C3)c(C)cc2NC1=O. The molecule has 0 aliphatic carbocycles. The average molecular weight is 466 g/mol. The zero-order valence-corrected chi connectivity index (χ0v) is 19.4. The number of carbonyl (C=O) groups is 2. The third-order valence-corrected chi connectivity index (χ3v) is 8.38. The van der Waals surface area contributed by atoms with Crippen LogP contribution in [0.5, 0.6) is 5.75 Å². The normalized spacial score (nSPS) is 26.2. The third-order valence-electron chi connectivity index (χ3n) is 6.37. The number of hydrogen-bond donors (Lipinski definition) is 2. The zero-order chi connectivity index (χ0) is 22.9. The van der Waals surface area contributed by atoms with Gasteiger partial charge in [-0.2, -0.15) is 4.31 Å². The summed E-state index contributed by atoms with van der Waals surface area (Å²) in [5.41, 5.74) is 0.994. The molecule has 9 nitrogen and oxygen atoms in total. The summed E-state index contributed by atoms with van der Waals surface area (Å²) in [5, 5.41) is 5.71. The summed E-state index contributed by atoms with van der Waals surface area (Å²) in [6, 6.07) is 3.12. The molecule has 3 heterocycles. The van der Waals surface area contributed by atoms with Crippen LogP contribution in [0.1, 0.15) is 44.6 Å². The predicted octanol–water partition coefficient (Wildman–Crippen LogP) is 1.80. The molecule has 3 unspecified atom stereocenters. The number of aryl methyl sites for hydroxylation is 1. The van der Waals surface area contributed by atoms with E-state index in [4.69, 9.17) is 9.47 Å². The first-order valence-electron chi connectivity index (χ1n) is 11.3. The second-order valence-corrected chi connectivity index (χ2v) is 10.6. The molecule has 4 rings (SSSR count). The molecule has 10 heteroatoms. The van der Waals surface area contributed by atoms with Gasteiger partial charge in [0, 0.05) is 32.3 Å². The Labute approximate surface area is 188 Å². The molecule has 0 spiro atoms. The number of hydrogen-bond acceptors (Lipinski definition) is 6. The van der Waals surface area contributed by atoms with E-state index in [9.17, 15) is 18.0 Å². The van der Waals surface area contributed by atoms with Crippen molar-refractivity contribution in [2.45, 2.75) is 63.1 Å². The van der Waals surface area contributed by atoms with Crippen LogP contribution in [0.25, 0.3) is 0 Å². The van der Waals surface area contributed by atoms with E-state index in [1.807, 2.05) is 6.92 Å². The molecule has 2 saturated heterocycles. The Morgan fingerprint density at radius 3 is 2.81 bits per heavy atom. The van der Waals surface area contributed by atoms with Gasteiger partial charge in [0.1, 0.15) is 5.75 Å². The Bertz CT molecular complexity index is 990. The highest BCUT2D eigenvalue weighted by Gasteiger charge is 2.36. The fraction of sp³-hybridized carbons (Fsp3) is 0.636. The van der Waals surface area contributed by atoms with E-state index in [1.165, 1.54) is 10.4 Å². The van der Waals surface area contributed by atoms with Crippen LogP contribution in [0.3, 0.4) is 0 Å². The molecule has 32 heavy (non-hydrogen) atoms. The number of anilines is 1. The number of piperidine rings is 1. The van der Waals surface area contributed by atoms with E-state index in [0.717, 1.165) is 19.4 Å². The molecule has 176 valence electrons. The summed E-state index contributed by atoms with van der Waals surface area (Å²) in [6.45, 7) is 5.23. The number of nitrogens with zero attached hydrogens (tertiary/aromatic N) is 1. The molecule has 3 aliphatic heterocycles. The Balaban J connectivity index is 1.49. The summed E-state index contributed by atoms with van der Waals surface area (Å²) in [7, 11) is -3.83. The minimum Gasteiger partial charge on any atom is -0.478 e. The van der Waals surface area contributed by atoms with Crippen molar-refractivity contribution >= 4 is 27.5 Å². The van der Waals surface area contributed by atoms with E-state index in [-0.39, 0.29) is 29.4 Å². The van der Waals surface area contributed by atoms with Crippen molar-refractivity contribution in [1.82, 2.24) is 9.62 Å². The van der Waals surface area contributed by atoms with E-state index in [0.29, 0.717) is 49.4 Å². The van der Waals surface area contributed by atoms with Crippen LogP contribution in [0.15, 0.2) is 17.0 Å². The van der Waals surface area contributed by atoms with Crippen LogP contribution in [0, 0.1) is 12.8 Å². The van der Waals surface area contributed by atoms with Gasteiger partial charge in [-0.25, -0.2) is 8.42 Å². The van der Waals surface area contributed by atoms with E-state index < -0.39 is 22.0 Å². The maximum Gasteiger partial charge on any atom is 0.265 e. The van der Waals surface area contributed by atoms with Gasteiger partial charge in [-0.3, -0.25) is 9.59 Å². The first kappa shape index (κ1) is 23.0. The number of amides is 2. The van der Waals surface area contributed by atoms with Crippen LogP contribution < -0.4 is 15.4 Å². The molecular formula is C22H31N3O6S. The lowest BCUT2D eigenvalue weighted by Gasteiger charge is -2.32. The highest BCUT2D eigenvalue weighted by atomic mass is 32.2. The molecule has 2 amide bonds. The minimum absolute atomic E-state index is 0.0490. The molecule has 3 atom stereocenters. The van der Waals surface area contributed by atoms with Crippen molar-refractivity contribution < 1.29 is 27.5 Å². The second kappa shape index (κ2) is 9.36. The Morgan fingerprint density at radius 1 is 1.28 bits per heavy atom. The third kappa shape index (κ3) is 4.62. The monoisotopic (exact) mass is 465 g/mol. The van der Waals surface area contributed by atoms with Crippen LogP contribution in [0.4, 0.5) is 5.69 Å². The van der Waals surface area contributed by atoms with Crippen molar-refractivity contribution in [1.29, 1.82) is 0 Å². The zero-order valence-electron chi connectivity index (χ0n) is 18.6. The van der Waals surface area contributed by atoms with Crippen molar-refractivity contribution in [2.75, 3.05) is 31.6 Å². The fourth-order valence-corrected chi connectivity index (χ4v) is 6.25. The van der Waals surface area contributed by atoms with Crippen molar-refractivity contribution in [3.63, 3.8) is 0 Å². The van der Waals surface area contributed by atoms with Gasteiger partial charge in [0.25, 0.3) is 5.91 Å². The lowest BCUT2D eigenvalue weighted by atomic mass is 9.99. The maximum atomic E-state index is 13.5. The maximum absolute atomic E-state index is 13.5. The summed E-state index contributed by atoms with van der Waals surface area (Å²) < 4.78 is 39.6. The summed E-state index contributed by atoms with van der Waals surface area (Å²) in [4.78, 5) is 24.9. The van der Waals surface area contributed by atoms with E-state index in [2.05, 4.69) is 10.6 Å². The first-order valence-corrected chi connectivity index (χ1v) is 12.7. The Morgan fingerprint density at radius 2 is 2.09 bits per heavy atom. The highest BCUT2D eigenvalue weighted by molar-refractivity contribution is 7.89. The van der Waals surface area contributed by atoms with Crippen molar-refractivity contribution in [3.8, 4) is 5.75 Å². The minimum atomic E-state index is -3.83. The number of ether oxygens (including phenoxy) is 2. The molecule has 0 radical (unpaired) electrons. The Hall–Kier alpha value is -2.17. The standard InChI is InChI=1S/C22H31N3O6S/c1-3-18-22(27)24-17-10-14(2)20(11-19(17)31-18)32(28,29)25-8-4-6-15(13-25)21(26)23-12-16-7-5-9-30-16/h10-11,15-16,18H,3-9,12-13H2,1-2H3,(H,23,26)(H,24,27). The molecule has 2 N–H and O–H groups in total. The van der Waals surface area contributed by atoms with Crippen LogP contribution in [-0.2, 0) is 24.3 Å². The van der Waals surface area contributed by atoms with Crippen molar-refractivity contribution in [2.24, 2.45) is 5.92 Å². The molecule has 0 bridgehead atoms. The lowest BCUT2D eigenvalue weighted by molar-refractivity contribution is -0.126. The molecule has 3 aliphatic rings. The Kier molecular flexibility index (Phi) is 6.73. The highest BCUT2D eigenvalue weighted by Crippen LogP contribution is 2.36. The lowest BCUT2D eigenvalue weighted by Crippen LogP contribution is -2.46. The predicted molar refractivity (Wildman–Crippen MR) is 118 cm³/mol. The van der Waals surface area contributed by atoms with Crippen molar-refractivity contribution in [3.05, 3.63) is 17.7 Å².